The summed E-state index contributed by atoms with van der Waals surface area (Å²) >= 11 is 0. The SMILES string of the molecule is CCN(C)C(=O)CCN[C@@H]1CCCC[C@H]1NC(=O)OC(C)(C)C. The highest BCUT2D eigenvalue weighted by Crippen LogP contribution is 2.19. The molecule has 6 nitrogen and oxygen atoms in total. The second-order valence-corrected chi connectivity index (χ2v) is 7.26. The normalized spacial score (nSPS) is 21.6. The average molecular weight is 327 g/mol. The van der Waals surface area contributed by atoms with Crippen LogP contribution in [0.15, 0.2) is 0 Å². The number of carbonyl (C=O) groups is 2. The first-order valence-corrected chi connectivity index (χ1v) is 8.69. The minimum absolute atomic E-state index is 0.0672. The first kappa shape index (κ1) is 19.7. The van der Waals surface area contributed by atoms with Gasteiger partial charge in [0, 0.05) is 38.6 Å². The Morgan fingerprint density at radius 2 is 1.78 bits per heavy atom. The minimum atomic E-state index is -0.487. The van der Waals surface area contributed by atoms with Crippen LogP contribution in [0.4, 0.5) is 4.79 Å². The van der Waals surface area contributed by atoms with Crippen LogP contribution in [0.25, 0.3) is 0 Å². The molecule has 2 atom stereocenters. The van der Waals surface area contributed by atoms with Crippen LogP contribution in [-0.2, 0) is 9.53 Å². The lowest BCUT2D eigenvalue weighted by Crippen LogP contribution is -2.53. The molecule has 0 aromatic heterocycles. The molecule has 0 heterocycles. The Labute approximate surface area is 140 Å². The summed E-state index contributed by atoms with van der Waals surface area (Å²) in [7, 11) is 1.82. The van der Waals surface area contributed by atoms with Crippen LogP contribution < -0.4 is 10.6 Å². The average Bonchev–Trinajstić information content (AvgIpc) is 2.46. The smallest absolute Gasteiger partial charge is 0.407 e. The van der Waals surface area contributed by atoms with Gasteiger partial charge >= 0.3 is 6.09 Å². The van der Waals surface area contributed by atoms with E-state index < -0.39 is 5.60 Å². The highest BCUT2D eigenvalue weighted by atomic mass is 16.6. The molecule has 1 fully saturated rings. The van der Waals surface area contributed by atoms with Crippen LogP contribution in [0, 0.1) is 0 Å². The summed E-state index contributed by atoms with van der Waals surface area (Å²) < 4.78 is 5.34. The molecule has 1 rings (SSSR count). The molecule has 1 aliphatic rings. The fourth-order valence-electron chi connectivity index (χ4n) is 2.74. The number of ether oxygens (including phenoxy) is 1. The van der Waals surface area contributed by atoms with Gasteiger partial charge < -0.3 is 20.3 Å². The van der Waals surface area contributed by atoms with Gasteiger partial charge in [-0.1, -0.05) is 12.8 Å². The Morgan fingerprint density at radius 3 is 2.35 bits per heavy atom. The summed E-state index contributed by atoms with van der Waals surface area (Å²) in [5.41, 5.74) is -0.487. The Balaban J connectivity index is 2.42. The molecule has 0 bridgehead atoms. The van der Waals surface area contributed by atoms with E-state index in [0.717, 1.165) is 32.2 Å². The molecule has 6 heteroatoms. The quantitative estimate of drug-likeness (QED) is 0.785. The summed E-state index contributed by atoms with van der Waals surface area (Å²) in [5, 5.41) is 6.41. The van der Waals surface area contributed by atoms with Gasteiger partial charge in [0.05, 0.1) is 0 Å². The number of alkyl carbamates (subject to hydrolysis) is 1. The van der Waals surface area contributed by atoms with E-state index in [9.17, 15) is 9.59 Å². The molecule has 0 aromatic rings. The van der Waals surface area contributed by atoms with Crippen LogP contribution in [0.5, 0.6) is 0 Å². The van der Waals surface area contributed by atoms with E-state index in [-0.39, 0.29) is 24.1 Å². The molecule has 1 saturated carbocycles. The van der Waals surface area contributed by atoms with Crippen LogP contribution in [0.3, 0.4) is 0 Å². The maximum atomic E-state index is 12.0. The number of hydrogen-bond donors (Lipinski definition) is 2. The molecule has 2 N–H and O–H groups in total. The van der Waals surface area contributed by atoms with Gasteiger partial charge in [-0.2, -0.15) is 0 Å². The third-order valence-electron chi connectivity index (χ3n) is 4.11. The van der Waals surface area contributed by atoms with E-state index in [1.807, 2.05) is 34.7 Å². The van der Waals surface area contributed by atoms with Crippen molar-refractivity contribution in [2.45, 2.75) is 77.5 Å². The highest BCUT2D eigenvalue weighted by Gasteiger charge is 2.28. The third-order valence-corrected chi connectivity index (χ3v) is 4.11. The van der Waals surface area contributed by atoms with E-state index in [0.29, 0.717) is 13.0 Å². The fourth-order valence-corrected chi connectivity index (χ4v) is 2.74. The first-order valence-electron chi connectivity index (χ1n) is 8.69. The van der Waals surface area contributed by atoms with Crippen molar-refractivity contribution < 1.29 is 14.3 Å². The molecule has 0 spiro atoms. The fraction of sp³-hybridized carbons (Fsp3) is 0.882. The molecule has 2 amide bonds. The maximum absolute atomic E-state index is 12.0. The van der Waals surface area contributed by atoms with Gasteiger partial charge in [-0.3, -0.25) is 4.79 Å². The van der Waals surface area contributed by atoms with Crippen molar-refractivity contribution in [1.82, 2.24) is 15.5 Å². The Bertz CT molecular complexity index is 393. The zero-order chi connectivity index (χ0) is 17.5. The second kappa shape index (κ2) is 9.11. The van der Waals surface area contributed by atoms with Crippen molar-refractivity contribution in [3.63, 3.8) is 0 Å². The molecule has 0 aliphatic heterocycles. The van der Waals surface area contributed by atoms with Crippen molar-refractivity contribution in [2.24, 2.45) is 0 Å². The number of hydrogen-bond acceptors (Lipinski definition) is 4. The van der Waals surface area contributed by atoms with Crippen molar-refractivity contribution in [3.8, 4) is 0 Å². The molecular formula is C17H33N3O3. The van der Waals surface area contributed by atoms with Crippen LogP contribution in [0.1, 0.15) is 59.8 Å². The molecule has 0 aromatic carbocycles. The largest absolute Gasteiger partial charge is 0.444 e. The van der Waals surface area contributed by atoms with Crippen molar-refractivity contribution >= 4 is 12.0 Å². The lowest BCUT2D eigenvalue weighted by atomic mass is 9.90. The van der Waals surface area contributed by atoms with Gasteiger partial charge in [-0.25, -0.2) is 4.79 Å². The second-order valence-electron chi connectivity index (χ2n) is 7.26. The molecule has 23 heavy (non-hydrogen) atoms. The van der Waals surface area contributed by atoms with Gasteiger partial charge in [0.2, 0.25) is 5.91 Å². The molecule has 0 saturated heterocycles. The zero-order valence-corrected chi connectivity index (χ0v) is 15.3. The predicted octanol–water partition coefficient (Wildman–Crippen LogP) is 2.28. The van der Waals surface area contributed by atoms with Gasteiger partial charge in [0.25, 0.3) is 0 Å². The van der Waals surface area contributed by atoms with E-state index >= 15 is 0 Å². The van der Waals surface area contributed by atoms with Gasteiger partial charge in [0.1, 0.15) is 5.60 Å². The Kier molecular flexibility index (Phi) is 7.82. The Morgan fingerprint density at radius 1 is 1.17 bits per heavy atom. The van der Waals surface area contributed by atoms with Crippen molar-refractivity contribution in [3.05, 3.63) is 0 Å². The molecule has 134 valence electrons. The van der Waals surface area contributed by atoms with Gasteiger partial charge in [-0.05, 0) is 40.5 Å². The summed E-state index contributed by atoms with van der Waals surface area (Å²) in [6, 6.07) is 0.272. The highest BCUT2D eigenvalue weighted by molar-refractivity contribution is 5.76. The predicted molar refractivity (Wildman–Crippen MR) is 91.3 cm³/mol. The van der Waals surface area contributed by atoms with Crippen molar-refractivity contribution in [1.29, 1.82) is 0 Å². The van der Waals surface area contributed by atoms with Crippen LogP contribution in [-0.4, -0.2) is 54.7 Å². The molecule has 0 unspecified atom stereocenters. The minimum Gasteiger partial charge on any atom is -0.444 e. The number of rotatable bonds is 6. The van der Waals surface area contributed by atoms with Crippen LogP contribution in [0.2, 0.25) is 0 Å². The van der Waals surface area contributed by atoms with E-state index in [1.54, 1.807) is 4.90 Å². The Hall–Kier alpha value is -1.30. The maximum Gasteiger partial charge on any atom is 0.407 e. The standard InChI is InChI=1S/C17H33N3O3/c1-6-20(5)15(21)11-12-18-13-9-7-8-10-14(13)19-16(22)23-17(2,3)4/h13-14,18H,6-12H2,1-5H3,(H,19,22)/t13-,14-/m1/s1. The molecular weight excluding hydrogens is 294 g/mol. The topological polar surface area (TPSA) is 70.7 Å². The lowest BCUT2D eigenvalue weighted by Gasteiger charge is -2.33. The first-order chi connectivity index (χ1) is 10.7. The summed E-state index contributed by atoms with van der Waals surface area (Å²) in [5.74, 6) is 0.146. The molecule has 1 aliphatic carbocycles. The van der Waals surface area contributed by atoms with E-state index in [4.69, 9.17) is 4.74 Å². The van der Waals surface area contributed by atoms with Gasteiger partial charge in [-0.15, -0.1) is 0 Å². The summed E-state index contributed by atoms with van der Waals surface area (Å²) in [6.45, 7) is 8.91. The lowest BCUT2D eigenvalue weighted by molar-refractivity contribution is -0.129. The third kappa shape index (κ3) is 7.68. The molecule has 0 radical (unpaired) electrons. The van der Waals surface area contributed by atoms with Gasteiger partial charge in [0.15, 0.2) is 0 Å². The number of nitrogens with zero attached hydrogens (tertiary/aromatic N) is 1. The monoisotopic (exact) mass is 327 g/mol. The number of nitrogens with one attached hydrogen (secondary N) is 2. The van der Waals surface area contributed by atoms with Crippen molar-refractivity contribution in [2.75, 3.05) is 20.1 Å². The zero-order valence-electron chi connectivity index (χ0n) is 15.3. The van der Waals surface area contributed by atoms with E-state index in [1.165, 1.54) is 0 Å². The number of amides is 2. The van der Waals surface area contributed by atoms with E-state index in [2.05, 4.69) is 10.6 Å². The summed E-state index contributed by atoms with van der Waals surface area (Å²) in [6.07, 6.45) is 4.33. The van der Waals surface area contributed by atoms with Crippen LogP contribution >= 0.6 is 0 Å². The number of carbonyl (C=O) groups excluding carboxylic acids is 2. The summed E-state index contributed by atoms with van der Waals surface area (Å²) in [4.78, 5) is 25.5.